The smallest absolute Gasteiger partial charge is 0.294 e. The molecule has 1 amide bonds. The van der Waals surface area contributed by atoms with Crippen molar-refractivity contribution in [3.63, 3.8) is 0 Å². The van der Waals surface area contributed by atoms with Gasteiger partial charge in [0.25, 0.3) is 5.91 Å². The summed E-state index contributed by atoms with van der Waals surface area (Å²) in [6.07, 6.45) is 1.62. The van der Waals surface area contributed by atoms with Gasteiger partial charge in [0.2, 0.25) is 0 Å². The third kappa shape index (κ3) is 3.01. The number of aliphatic hydroxyl groups excluding tert-OH is 1. The number of carbonyl (C=O) groups is 2. The molecule has 0 fully saturated rings. The minimum absolute atomic E-state index is 0.114. The molecule has 134 valence electrons. The highest BCUT2D eigenvalue weighted by Crippen LogP contribution is 2.41. The van der Waals surface area contributed by atoms with Crippen LogP contribution in [0.4, 0.5) is 5.69 Å². The first-order valence-corrected chi connectivity index (χ1v) is 8.61. The molecule has 1 aromatic carbocycles. The van der Waals surface area contributed by atoms with Crippen LogP contribution in [0.15, 0.2) is 53.9 Å². The maximum absolute atomic E-state index is 12.9. The highest BCUT2D eigenvalue weighted by Gasteiger charge is 2.45. The zero-order valence-electron chi connectivity index (χ0n) is 15.4. The molecule has 1 aromatic heterocycles. The van der Waals surface area contributed by atoms with Crippen molar-refractivity contribution in [2.24, 2.45) is 5.92 Å². The van der Waals surface area contributed by atoms with Crippen molar-refractivity contribution >= 4 is 17.4 Å². The van der Waals surface area contributed by atoms with Crippen molar-refractivity contribution in [3.8, 4) is 0 Å². The minimum atomic E-state index is -0.736. The average molecular weight is 350 g/mol. The lowest BCUT2D eigenvalue weighted by atomic mass is 9.93. The number of ketones is 1. The van der Waals surface area contributed by atoms with Crippen molar-refractivity contribution < 1.29 is 14.7 Å². The number of benzene rings is 1. The Bertz CT molecular complexity index is 880. The van der Waals surface area contributed by atoms with Crippen LogP contribution in [-0.2, 0) is 9.59 Å². The third-order valence-corrected chi connectivity index (χ3v) is 4.45. The summed E-state index contributed by atoms with van der Waals surface area (Å²) in [7, 11) is 0. The number of nitrogens with zero attached hydrogens (tertiary/aromatic N) is 2. The van der Waals surface area contributed by atoms with E-state index in [0.717, 1.165) is 11.1 Å². The zero-order chi connectivity index (χ0) is 19.0. The molecular weight excluding hydrogens is 328 g/mol. The molecule has 0 saturated heterocycles. The van der Waals surface area contributed by atoms with E-state index in [0.29, 0.717) is 11.4 Å². The summed E-state index contributed by atoms with van der Waals surface area (Å²) in [5.74, 6) is -1.66. The Morgan fingerprint density at radius 3 is 2.35 bits per heavy atom. The molecule has 1 atom stereocenters. The van der Waals surface area contributed by atoms with Crippen LogP contribution in [0.1, 0.15) is 36.7 Å². The van der Waals surface area contributed by atoms with Crippen molar-refractivity contribution in [2.75, 3.05) is 4.90 Å². The highest BCUT2D eigenvalue weighted by atomic mass is 16.3. The summed E-state index contributed by atoms with van der Waals surface area (Å²) < 4.78 is 0. The van der Waals surface area contributed by atoms with Crippen molar-refractivity contribution in [2.45, 2.75) is 33.7 Å². The molecule has 2 heterocycles. The number of pyridine rings is 1. The molecule has 5 nitrogen and oxygen atoms in total. The van der Waals surface area contributed by atoms with Crippen LogP contribution >= 0.6 is 0 Å². The quantitative estimate of drug-likeness (QED) is 0.910. The largest absolute Gasteiger partial charge is 0.503 e. The number of aryl methyl sites for hydroxylation is 2. The fraction of sp³-hybridized carbons (Fsp3) is 0.286. The molecule has 0 spiro atoms. The normalized spacial score (nSPS) is 17.3. The summed E-state index contributed by atoms with van der Waals surface area (Å²) in [5, 5.41) is 10.5. The van der Waals surface area contributed by atoms with Gasteiger partial charge in [-0.1, -0.05) is 26.0 Å². The zero-order valence-corrected chi connectivity index (χ0v) is 15.4. The van der Waals surface area contributed by atoms with Gasteiger partial charge < -0.3 is 5.11 Å². The molecule has 5 heteroatoms. The number of anilines is 1. The number of amides is 1. The number of Topliss-reactive ketones (excluding diaryl/α,β-unsaturated/α-hetero) is 1. The summed E-state index contributed by atoms with van der Waals surface area (Å²) in [6, 6.07) is 10.4. The van der Waals surface area contributed by atoms with Crippen molar-refractivity contribution in [1.29, 1.82) is 0 Å². The predicted molar refractivity (Wildman–Crippen MR) is 99.9 cm³/mol. The lowest BCUT2D eigenvalue weighted by Gasteiger charge is -2.27. The fourth-order valence-electron chi connectivity index (χ4n) is 3.34. The SMILES string of the molecule is Cc1cc(C)cc(N2C(=O)C(O)=C(C(=O)C(C)C)C2c2ccccn2)c1. The van der Waals surface area contributed by atoms with E-state index in [-0.39, 0.29) is 17.3 Å². The number of carbonyl (C=O) groups excluding carboxylic acids is 2. The maximum atomic E-state index is 12.9. The second kappa shape index (κ2) is 6.75. The first-order chi connectivity index (χ1) is 12.3. The molecule has 1 N–H and O–H groups in total. The number of aromatic nitrogens is 1. The Balaban J connectivity index is 2.21. The number of rotatable bonds is 4. The van der Waals surface area contributed by atoms with Crippen molar-refractivity contribution in [3.05, 3.63) is 70.7 Å². The number of hydrogen-bond donors (Lipinski definition) is 1. The highest BCUT2D eigenvalue weighted by molar-refractivity contribution is 6.16. The second-order valence-electron chi connectivity index (χ2n) is 6.96. The van der Waals surface area contributed by atoms with Gasteiger partial charge in [0.05, 0.1) is 11.3 Å². The van der Waals surface area contributed by atoms with Gasteiger partial charge in [-0.25, -0.2) is 0 Å². The lowest BCUT2D eigenvalue weighted by Crippen LogP contribution is -2.32. The molecule has 0 saturated carbocycles. The Morgan fingerprint density at radius 2 is 1.81 bits per heavy atom. The van der Waals surface area contributed by atoms with Crippen LogP contribution in [-0.4, -0.2) is 21.8 Å². The van der Waals surface area contributed by atoms with Gasteiger partial charge in [-0.3, -0.25) is 19.5 Å². The Labute approximate surface area is 153 Å². The van der Waals surface area contributed by atoms with E-state index in [4.69, 9.17) is 0 Å². The Kier molecular flexibility index (Phi) is 4.64. The monoisotopic (exact) mass is 350 g/mol. The lowest BCUT2D eigenvalue weighted by molar-refractivity contribution is -0.119. The van der Waals surface area contributed by atoms with E-state index >= 15 is 0 Å². The molecule has 0 radical (unpaired) electrons. The predicted octanol–water partition coefficient (Wildman–Crippen LogP) is 3.82. The fourth-order valence-corrected chi connectivity index (χ4v) is 3.34. The summed E-state index contributed by atoms with van der Waals surface area (Å²) >= 11 is 0. The van der Waals surface area contributed by atoms with E-state index < -0.39 is 17.7 Å². The molecule has 2 aromatic rings. The van der Waals surface area contributed by atoms with Crippen LogP contribution in [0.3, 0.4) is 0 Å². The Hall–Kier alpha value is -2.95. The third-order valence-electron chi connectivity index (χ3n) is 4.45. The molecule has 1 aliphatic rings. The van der Waals surface area contributed by atoms with Gasteiger partial charge in [-0.2, -0.15) is 0 Å². The topological polar surface area (TPSA) is 70.5 Å². The van der Waals surface area contributed by atoms with Crippen LogP contribution < -0.4 is 4.90 Å². The summed E-state index contributed by atoms with van der Waals surface area (Å²) in [4.78, 5) is 31.5. The molecule has 1 unspecified atom stereocenters. The number of hydrogen-bond acceptors (Lipinski definition) is 4. The first-order valence-electron chi connectivity index (χ1n) is 8.61. The van der Waals surface area contributed by atoms with E-state index in [1.807, 2.05) is 32.0 Å². The molecule has 0 bridgehead atoms. The molecule has 26 heavy (non-hydrogen) atoms. The van der Waals surface area contributed by atoms with Crippen LogP contribution in [0.5, 0.6) is 0 Å². The molecule has 1 aliphatic heterocycles. The second-order valence-corrected chi connectivity index (χ2v) is 6.96. The molecule has 0 aliphatic carbocycles. The van der Waals surface area contributed by atoms with Gasteiger partial charge >= 0.3 is 0 Å². The van der Waals surface area contributed by atoms with Crippen LogP contribution in [0.25, 0.3) is 0 Å². The summed E-state index contributed by atoms with van der Waals surface area (Å²) in [5.41, 5.74) is 3.29. The maximum Gasteiger partial charge on any atom is 0.294 e. The van der Waals surface area contributed by atoms with Gasteiger partial charge in [0.15, 0.2) is 11.5 Å². The van der Waals surface area contributed by atoms with Crippen LogP contribution in [0.2, 0.25) is 0 Å². The molecular formula is C21H22N2O3. The van der Waals surface area contributed by atoms with Crippen molar-refractivity contribution in [1.82, 2.24) is 4.98 Å². The van der Waals surface area contributed by atoms with E-state index in [9.17, 15) is 14.7 Å². The summed E-state index contributed by atoms with van der Waals surface area (Å²) in [6.45, 7) is 7.39. The van der Waals surface area contributed by atoms with E-state index in [2.05, 4.69) is 4.98 Å². The van der Waals surface area contributed by atoms with Gasteiger partial charge in [0, 0.05) is 17.8 Å². The number of aliphatic hydroxyl groups is 1. The van der Waals surface area contributed by atoms with E-state index in [1.165, 1.54) is 4.90 Å². The standard InChI is InChI=1S/C21H22N2O3/c1-12(2)19(24)17-18(16-7-5-6-8-22-16)23(21(26)20(17)25)15-10-13(3)9-14(4)11-15/h5-12,18,25H,1-4H3. The van der Waals surface area contributed by atoms with Gasteiger partial charge in [-0.15, -0.1) is 0 Å². The Morgan fingerprint density at radius 1 is 1.15 bits per heavy atom. The average Bonchev–Trinajstić information content (AvgIpc) is 2.85. The van der Waals surface area contributed by atoms with Gasteiger partial charge in [-0.05, 0) is 49.2 Å². The minimum Gasteiger partial charge on any atom is -0.503 e. The van der Waals surface area contributed by atoms with Crippen LogP contribution in [0, 0.1) is 19.8 Å². The van der Waals surface area contributed by atoms with E-state index in [1.54, 1.807) is 38.2 Å². The van der Waals surface area contributed by atoms with Gasteiger partial charge in [0.1, 0.15) is 6.04 Å². The molecule has 3 rings (SSSR count). The first kappa shape index (κ1) is 17.9.